The van der Waals surface area contributed by atoms with Crippen molar-refractivity contribution in [2.24, 2.45) is 0 Å². The number of rotatable bonds is 8. The first-order valence-corrected chi connectivity index (χ1v) is 11.7. The average Bonchev–Trinajstić information content (AvgIpc) is 3.42. The molecule has 1 aromatic carbocycles. The highest BCUT2D eigenvalue weighted by atomic mass is 16.4. The van der Waals surface area contributed by atoms with Gasteiger partial charge in [-0.2, -0.15) is 0 Å². The van der Waals surface area contributed by atoms with E-state index < -0.39 is 0 Å². The van der Waals surface area contributed by atoms with E-state index in [1.165, 1.54) is 10.9 Å². The number of para-hydroxylation sites is 1. The molecule has 1 saturated heterocycles. The van der Waals surface area contributed by atoms with Gasteiger partial charge in [-0.1, -0.05) is 38.0 Å². The fourth-order valence-corrected chi connectivity index (χ4v) is 4.42. The van der Waals surface area contributed by atoms with Gasteiger partial charge in [0.1, 0.15) is 0 Å². The van der Waals surface area contributed by atoms with Gasteiger partial charge < -0.3 is 19.6 Å². The van der Waals surface area contributed by atoms with E-state index in [0.29, 0.717) is 6.01 Å². The molecule has 0 aliphatic carbocycles. The Morgan fingerprint density at radius 1 is 1.31 bits per heavy atom. The molecule has 0 bridgehead atoms. The summed E-state index contributed by atoms with van der Waals surface area (Å²) in [6.07, 6.45) is 7.46. The lowest BCUT2D eigenvalue weighted by Gasteiger charge is -2.44. The fourth-order valence-electron chi connectivity index (χ4n) is 4.42. The molecule has 2 aromatic heterocycles. The molecule has 172 valence electrons. The van der Waals surface area contributed by atoms with Crippen molar-refractivity contribution < 1.29 is 9.21 Å². The van der Waals surface area contributed by atoms with Crippen molar-refractivity contribution in [3.63, 3.8) is 0 Å². The number of piperazine rings is 1. The van der Waals surface area contributed by atoms with E-state index in [1.807, 2.05) is 6.07 Å². The number of H-pyrrole nitrogens is 1. The van der Waals surface area contributed by atoms with Crippen LogP contribution in [-0.4, -0.2) is 59.0 Å². The summed E-state index contributed by atoms with van der Waals surface area (Å²) >= 11 is 0. The van der Waals surface area contributed by atoms with Crippen molar-refractivity contribution in [3.8, 4) is 0 Å². The van der Waals surface area contributed by atoms with E-state index in [9.17, 15) is 4.79 Å². The Labute approximate surface area is 190 Å². The maximum atomic E-state index is 13.0. The molecule has 1 unspecified atom stereocenters. The van der Waals surface area contributed by atoms with Crippen molar-refractivity contribution in [2.45, 2.75) is 58.0 Å². The Kier molecular flexibility index (Phi) is 6.55. The minimum Gasteiger partial charge on any atom is -0.418 e. The number of likely N-dealkylation sites (N-methyl/N-ethyl adjacent to an activating group) is 1. The van der Waals surface area contributed by atoms with Gasteiger partial charge in [0.15, 0.2) is 0 Å². The highest BCUT2D eigenvalue weighted by Gasteiger charge is 2.33. The largest absolute Gasteiger partial charge is 0.418 e. The molecule has 2 N–H and O–H groups in total. The molecule has 7 heteroatoms. The number of unbranched alkanes of at least 4 members (excludes halogenated alkanes) is 1. The normalized spacial score (nSPS) is 17.6. The SMILES string of the molecule is CCCCC(Cc1c[nH]c2ccccc12)NC(=O)c1cnc(N2CCN(C)C(C)(C)C2)o1. The van der Waals surface area contributed by atoms with Crippen molar-refractivity contribution in [1.29, 1.82) is 0 Å². The minimum absolute atomic E-state index is 0.0275. The van der Waals surface area contributed by atoms with Gasteiger partial charge in [-0.25, -0.2) is 4.98 Å². The molecule has 0 saturated carbocycles. The first-order valence-electron chi connectivity index (χ1n) is 11.7. The lowest BCUT2D eigenvalue weighted by Crippen LogP contribution is -2.57. The van der Waals surface area contributed by atoms with Crippen LogP contribution in [0.5, 0.6) is 0 Å². The zero-order valence-corrected chi connectivity index (χ0v) is 19.6. The molecule has 1 amide bonds. The first-order chi connectivity index (χ1) is 15.4. The number of aromatic amines is 1. The smallest absolute Gasteiger partial charge is 0.298 e. The Balaban J connectivity index is 1.44. The second-order valence-electron chi connectivity index (χ2n) is 9.54. The summed E-state index contributed by atoms with van der Waals surface area (Å²) in [6, 6.07) is 8.85. The van der Waals surface area contributed by atoms with Crippen LogP contribution in [-0.2, 0) is 6.42 Å². The molecule has 4 rings (SSSR count). The lowest BCUT2D eigenvalue weighted by molar-refractivity contribution is 0.0905. The highest BCUT2D eigenvalue weighted by Crippen LogP contribution is 2.25. The van der Waals surface area contributed by atoms with Gasteiger partial charge in [-0.05, 0) is 45.4 Å². The number of aromatic nitrogens is 2. The molecule has 3 aromatic rings. The molecule has 1 aliphatic heterocycles. The summed E-state index contributed by atoms with van der Waals surface area (Å²) < 4.78 is 5.90. The monoisotopic (exact) mass is 437 g/mol. The van der Waals surface area contributed by atoms with E-state index in [-0.39, 0.29) is 23.2 Å². The van der Waals surface area contributed by atoms with Crippen LogP contribution in [0.25, 0.3) is 10.9 Å². The van der Waals surface area contributed by atoms with Gasteiger partial charge in [0.05, 0.1) is 6.20 Å². The van der Waals surface area contributed by atoms with Crippen molar-refractivity contribution >= 4 is 22.8 Å². The summed E-state index contributed by atoms with van der Waals surface area (Å²) in [4.78, 5) is 25.2. The number of benzene rings is 1. The number of nitrogens with one attached hydrogen (secondary N) is 2. The summed E-state index contributed by atoms with van der Waals surface area (Å²) in [5.41, 5.74) is 2.37. The summed E-state index contributed by atoms with van der Waals surface area (Å²) in [5.74, 6) is 0.0789. The number of carbonyl (C=O) groups excluding carboxylic acids is 1. The van der Waals surface area contributed by atoms with Crippen LogP contribution in [0.1, 0.15) is 56.2 Å². The van der Waals surface area contributed by atoms with Crippen LogP contribution in [0, 0.1) is 0 Å². The van der Waals surface area contributed by atoms with Crippen LogP contribution in [0.15, 0.2) is 41.1 Å². The third-order valence-corrected chi connectivity index (χ3v) is 6.69. The number of anilines is 1. The molecule has 0 radical (unpaired) electrons. The summed E-state index contributed by atoms with van der Waals surface area (Å²) in [7, 11) is 2.13. The van der Waals surface area contributed by atoms with Crippen LogP contribution in [0.4, 0.5) is 6.01 Å². The van der Waals surface area contributed by atoms with Gasteiger partial charge in [0.25, 0.3) is 11.9 Å². The number of carbonyl (C=O) groups is 1. The number of amides is 1. The molecule has 0 spiro atoms. The van der Waals surface area contributed by atoms with Gasteiger partial charge in [-0.3, -0.25) is 9.69 Å². The van der Waals surface area contributed by atoms with Crippen molar-refractivity contribution in [3.05, 3.63) is 48.0 Å². The number of oxazole rings is 1. The van der Waals surface area contributed by atoms with Crippen LogP contribution >= 0.6 is 0 Å². The molecule has 1 aliphatic rings. The van der Waals surface area contributed by atoms with Crippen LogP contribution in [0.3, 0.4) is 0 Å². The van der Waals surface area contributed by atoms with E-state index in [2.05, 4.69) is 77.3 Å². The lowest BCUT2D eigenvalue weighted by atomic mass is 10.0. The molecule has 7 nitrogen and oxygen atoms in total. The topological polar surface area (TPSA) is 77.4 Å². The van der Waals surface area contributed by atoms with Crippen molar-refractivity contribution in [2.75, 3.05) is 31.6 Å². The number of fused-ring (bicyclic) bond motifs is 1. The Bertz CT molecular complexity index is 1050. The number of hydrogen-bond donors (Lipinski definition) is 2. The molecule has 1 atom stereocenters. The zero-order chi connectivity index (χ0) is 22.7. The second-order valence-corrected chi connectivity index (χ2v) is 9.54. The van der Waals surface area contributed by atoms with Crippen molar-refractivity contribution in [1.82, 2.24) is 20.2 Å². The Hall–Kier alpha value is -2.80. The predicted octanol–water partition coefficient (Wildman–Crippen LogP) is 4.22. The third kappa shape index (κ3) is 4.83. The second kappa shape index (κ2) is 9.36. The molecule has 32 heavy (non-hydrogen) atoms. The van der Waals surface area contributed by atoms with E-state index >= 15 is 0 Å². The number of nitrogens with zero attached hydrogens (tertiary/aromatic N) is 3. The average molecular weight is 438 g/mol. The van der Waals surface area contributed by atoms with E-state index in [0.717, 1.165) is 50.8 Å². The predicted molar refractivity (Wildman–Crippen MR) is 128 cm³/mol. The van der Waals surface area contributed by atoms with E-state index in [1.54, 1.807) is 6.20 Å². The molecule has 1 fully saturated rings. The van der Waals surface area contributed by atoms with Gasteiger partial charge in [-0.15, -0.1) is 0 Å². The van der Waals surface area contributed by atoms with Crippen LogP contribution in [0.2, 0.25) is 0 Å². The zero-order valence-electron chi connectivity index (χ0n) is 19.6. The first kappa shape index (κ1) is 22.4. The third-order valence-electron chi connectivity index (χ3n) is 6.69. The standard InChI is InChI=1S/C25H35N5O2/c1-5-6-9-19(14-18-15-26-21-11-8-7-10-20(18)21)28-23(31)22-16-27-24(32-22)30-13-12-29(4)25(2,3)17-30/h7-8,10-11,15-16,19,26H,5-6,9,12-14,17H2,1-4H3,(H,28,31). The fraction of sp³-hybridized carbons (Fsp3) is 0.520. The molecular weight excluding hydrogens is 402 g/mol. The highest BCUT2D eigenvalue weighted by molar-refractivity contribution is 5.91. The molecular formula is C25H35N5O2. The molecule has 3 heterocycles. The summed E-state index contributed by atoms with van der Waals surface area (Å²) in [5, 5.41) is 4.41. The van der Waals surface area contributed by atoms with Gasteiger partial charge >= 0.3 is 0 Å². The maximum Gasteiger partial charge on any atom is 0.298 e. The van der Waals surface area contributed by atoms with Gasteiger partial charge in [0.2, 0.25) is 5.76 Å². The van der Waals surface area contributed by atoms with Crippen LogP contribution < -0.4 is 10.2 Å². The Morgan fingerprint density at radius 3 is 2.91 bits per heavy atom. The Morgan fingerprint density at radius 2 is 2.12 bits per heavy atom. The maximum absolute atomic E-state index is 13.0. The minimum atomic E-state index is -0.196. The number of hydrogen-bond acceptors (Lipinski definition) is 5. The van der Waals surface area contributed by atoms with E-state index in [4.69, 9.17) is 4.42 Å². The summed E-state index contributed by atoms with van der Waals surface area (Å²) in [6.45, 7) is 9.16. The van der Waals surface area contributed by atoms with Gasteiger partial charge in [0, 0.05) is 48.3 Å². The quantitative estimate of drug-likeness (QED) is 0.552.